The van der Waals surface area contributed by atoms with Crippen molar-refractivity contribution in [3.05, 3.63) is 47.3 Å². The van der Waals surface area contributed by atoms with Gasteiger partial charge in [-0.2, -0.15) is 0 Å². The van der Waals surface area contributed by atoms with E-state index in [1.807, 2.05) is 17.0 Å². The molecule has 1 atom stereocenters. The summed E-state index contributed by atoms with van der Waals surface area (Å²) in [6, 6.07) is 6.74. The molecule has 0 bridgehead atoms. The Hall–Kier alpha value is -2.28. The summed E-state index contributed by atoms with van der Waals surface area (Å²) in [6.07, 6.45) is 2.93. The summed E-state index contributed by atoms with van der Waals surface area (Å²) in [5, 5.41) is 8.94. The molecule has 2 aliphatic rings. The smallest absolute Gasteiger partial charge is 0.219 e. The van der Waals surface area contributed by atoms with Crippen LogP contribution in [0.15, 0.2) is 24.3 Å². The van der Waals surface area contributed by atoms with Crippen LogP contribution < -0.4 is 0 Å². The molecular formula is C20H26FN5O. The van der Waals surface area contributed by atoms with Crippen LogP contribution in [0.25, 0.3) is 0 Å². The standard InChI is InChI=1S/C20H26FN5O/c1-15(27)25-9-2-3-17(14-25)20-23-22-19-8-10-24(11-12-26(19)20)13-16-4-6-18(21)7-5-16/h4-7,17H,2-3,8-14H2,1H3/t17-/m0/s1. The first kappa shape index (κ1) is 18.1. The van der Waals surface area contributed by atoms with Gasteiger partial charge in [0.25, 0.3) is 0 Å². The maximum atomic E-state index is 13.1. The number of hydrogen-bond acceptors (Lipinski definition) is 4. The van der Waals surface area contributed by atoms with Crippen molar-refractivity contribution in [2.75, 3.05) is 26.2 Å². The molecule has 1 amide bonds. The molecule has 6 nitrogen and oxygen atoms in total. The zero-order valence-electron chi connectivity index (χ0n) is 15.8. The summed E-state index contributed by atoms with van der Waals surface area (Å²) in [5.74, 6) is 2.28. The van der Waals surface area contributed by atoms with Crippen LogP contribution in [0.2, 0.25) is 0 Å². The summed E-state index contributed by atoms with van der Waals surface area (Å²) in [5.41, 5.74) is 1.12. The van der Waals surface area contributed by atoms with Crippen molar-refractivity contribution >= 4 is 5.91 Å². The van der Waals surface area contributed by atoms with Gasteiger partial charge in [-0.15, -0.1) is 10.2 Å². The second-order valence-electron chi connectivity index (χ2n) is 7.58. The highest BCUT2D eigenvalue weighted by molar-refractivity contribution is 5.73. The van der Waals surface area contributed by atoms with Crippen molar-refractivity contribution in [3.63, 3.8) is 0 Å². The van der Waals surface area contributed by atoms with Crippen LogP contribution in [0.4, 0.5) is 4.39 Å². The molecule has 0 unspecified atom stereocenters. The fourth-order valence-corrected chi connectivity index (χ4v) is 4.17. The number of piperidine rings is 1. The van der Waals surface area contributed by atoms with Gasteiger partial charge < -0.3 is 9.47 Å². The van der Waals surface area contributed by atoms with Gasteiger partial charge in [-0.05, 0) is 30.5 Å². The SMILES string of the molecule is CC(=O)N1CCC[C@H](c2nnc3n2CCN(Cc2ccc(F)cc2)CC3)C1. The maximum absolute atomic E-state index is 13.1. The number of carbonyl (C=O) groups is 1. The van der Waals surface area contributed by atoms with Crippen molar-refractivity contribution < 1.29 is 9.18 Å². The van der Waals surface area contributed by atoms with E-state index in [0.29, 0.717) is 0 Å². The molecular weight excluding hydrogens is 345 g/mol. The van der Waals surface area contributed by atoms with Crippen LogP contribution in [0.5, 0.6) is 0 Å². The van der Waals surface area contributed by atoms with E-state index in [9.17, 15) is 9.18 Å². The molecule has 7 heteroatoms. The third-order valence-electron chi connectivity index (χ3n) is 5.70. The molecule has 0 spiro atoms. The Morgan fingerprint density at radius 2 is 1.96 bits per heavy atom. The first-order valence-electron chi connectivity index (χ1n) is 9.74. The van der Waals surface area contributed by atoms with Crippen LogP contribution in [-0.2, 0) is 24.3 Å². The molecule has 0 saturated carbocycles. The number of carbonyl (C=O) groups excluding carboxylic acids is 1. The van der Waals surface area contributed by atoms with Crippen molar-refractivity contribution in [2.45, 2.75) is 45.2 Å². The zero-order chi connectivity index (χ0) is 18.8. The highest BCUT2D eigenvalue weighted by Crippen LogP contribution is 2.27. The third kappa shape index (κ3) is 4.03. The zero-order valence-corrected chi connectivity index (χ0v) is 15.8. The van der Waals surface area contributed by atoms with Gasteiger partial charge in [0.1, 0.15) is 17.5 Å². The maximum Gasteiger partial charge on any atom is 0.219 e. The molecule has 1 aromatic heterocycles. The normalized spacial score (nSPS) is 21.0. The predicted octanol–water partition coefficient (Wildman–Crippen LogP) is 2.20. The first-order chi connectivity index (χ1) is 13.1. The average molecular weight is 371 g/mol. The number of benzene rings is 1. The second kappa shape index (κ2) is 7.76. The van der Waals surface area contributed by atoms with Gasteiger partial charge in [0.05, 0.1) is 0 Å². The molecule has 0 aliphatic carbocycles. The number of likely N-dealkylation sites (tertiary alicyclic amines) is 1. The van der Waals surface area contributed by atoms with E-state index >= 15 is 0 Å². The molecule has 144 valence electrons. The number of halogens is 1. The minimum absolute atomic E-state index is 0.140. The number of aromatic nitrogens is 3. The Balaban J connectivity index is 1.44. The lowest BCUT2D eigenvalue weighted by Crippen LogP contribution is -2.38. The Morgan fingerprint density at radius 1 is 1.15 bits per heavy atom. The Kier molecular flexibility index (Phi) is 5.20. The van der Waals surface area contributed by atoms with Gasteiger partial charge in [0.15, 0.2) is 0 Å². The highest BCUT2D eigenvalue weighted by atomic mass is 19.1. The number of amides is 1. The van der Waals surface area contributed by atoms with Gasteiger partial charge >= 0.3 is 0 Å². The average Bonchev–Trinajstić information content (AvgIpc) is 2.98. The number of rotatable bonds is 3. The molecule has 2 aliphatic heterocycles. The molecule has 4 rings (SSSR count). The van der Waals surface area contributed by atoms with E-state index in [1.165, 1.54) is 12.1 Å². The Morgan fingerprint density at radius 3 is 2.74 bits per heavy atom. The number of nitrogens with zero attached hydrogens (tertiary/aromatic N) is 5. The van der Waals surface area contributed by atoms with Gasteiger partial charge in [0.2, 0.25) is 5.91 Å². The minimum Gasteiger partial charge on any atom is -0.342 e. The van der Waals surface area contributed by atoms with Crippen molar-refractivity contribution in [3.8, 4) is 0 Å². The van der Waals surface area contributed by atoms with Gasteiger partial charge in [-0.25, -0.2) is 4.39 Å². The summed E-state index contributed by atoms with van der Waals surface area (Å²) in [6.45, 7) is 6.73. The third-order valence-corrected chi connectivity index (χ3v) is 5.70. The monoisotopic (exact) mass is 371 g/mol. The topological polar surface area (TPSA) is 54.3 Å². The largest absolute Gasteiger partial charge is 0.342 e. The summed E-state index contributed by atoms with van der Waals surface area (Å²) >= 11 is 0. The fraction of sp³-hybridized carbons (Fsp3) is 0.550. The predicted molar refractivity (Wildman–Crippen MR) is 99.6 cm³/mol. The summed E-state index contributed by atoms with van der Waals surface area (Å²) in [4.78, 5) is 16.1. The van der Waals surface area contributed by atoms with Crippen molar-refractivity contribution in [2.24, 2.45) is 0 Å². The van der Waals surface area contributed by atoms with Gasteiger partial charge in [-0.3, -0.25) is 9.69 Å². The van der Waals surface area contributed by atoms with E-state index < -0.39 is 0 Å². The van der Waals surface area contributed by atoms with Crippen molar-refractivity contribution in [1.82, 2.24) is 24.6 Å². The lowest BCUT2D eigenvalue weighted by Gasteiger charge is -2.31. The van der Waals surface area contributed by atoms with Crippen LogP contribution in [0.1, 0.15) is 42.9 Å². The minimum atomic E-state index is -0.197. The van der Waals surface area contributed by atoms with Crippen LogP contribution in [0, 0.1) is 5.82 Å². The number of fused-ring (bicyclic) bond motifs is 1. The molecule has 1 fully saturated rings. The quantitative estimate of drug-likeness (QED) is 0.830. The Bertz CT molecular complexity index is 803. The molecule has 27 heavy (non-hydrogen) atoms. The fourth-order valence-electron chi connectivity index (χ4n) is 4.17. The van der Waals surface area contributed by atoms with E-state index in [-0.39, 0.29) is 17.6 Å². The van der Waals surface area contributed by atoms with Crippen LogP contribution in [0.3, 0.4) is 0 Å². The molecule has 0 radical (unpaired) electrons. The van der Waals surface area contributed by atoms with E-state index in [2.05, 4.69) is 19.7 Å². The summed E-state index contributed by atoms with van der Waals surface area (Å²) in [7, 11) is 0. The van der Waals surface area contributed by atoms with E-state index in [1.54, 1.807) is 6.92 Å². The molecule has 1 saturated heterocycles. The van der Waals surface area contributed by atoms with E-state index in [0.717, 1.165) is 75.7 Å². The van der Waals surface area contributed by atoms with Gasteiger partial charge in [0, 0.05) is 58.5 Å². The van der Waals surface area contributed by atoms with E-state index in [4.69, 9.17) is 0 Å². The molecule has 3 heterocycles. The summed E-state index contributed by atoms with van der Waals surface area (Å²) < 4.78 is 15.4. The van der Waals surface area contributed by atoms with Crippen LogP contribution in [-0.4, -0.2) is 56.7 Å². The second-order valence-corrected chi connectivity index (χ2v) is 7.58. The first-order valence-corrected chi connectivity index (χ1v) is 9.74. The Labute approximate surface area is 159 Å². The van der Waals surface area contributed by atoms with Crippen LogP contribution >= 0.6 is 0 Å². The molecule has 0 N–H and O–H groups in total. The lowest BCUT2D eigenvalue weighted by atomic mass is 9.97. The molecule has 1 aromatic carbocycles. The number of hydrogen-bond donors (Lipinski definition) is 0. The van der Waals surface area contributed by atoms with Gasteiger partial charge in [-0.1, -0.05) is 12.1 Å². The van der Waals surface area contributed by atoms with Crippen molar-refractivity contribution in [1.29, 1.82) is 0 Å². The lowest BCUT2D eigenvalue weighted by molar-refractivity contribution is -0.130. The molecule has 2 aromatic rings. The highest BCUT2D eigenvalue weighted by Gasteiger charge is 2.29.